The van der Waals surface area contributed by atoms with Crippen LogP contribution in [0.4, 0.5) is 0 Å². The fourth-order valence-corrected chi connectivity index (χ4v) is 1.66. The van der Waals surface area contributed by atoms with Crippen LogP contribution in [0.2, 0.25) is 6.32 Å². The Morgan fingerprint density at radius 1 is 1.77 bits per heavy atom. The van der Waals surface area contributed by atoms with Crippen molar-refractivity contribution in [1.82, 2.24) is 4.81 Å². The maximum Gasteiger partial charge on any atom is 0.246 e. The lowest BCUT2D eigenvalue weighted by molar-refractivity contribution is 0.539. The van der Waals surface area contributed by atoms with Gasteiger partial charge >= 0.3 is 0 Å². The number of hydrogen-bond donors (Lipinski definition) is 1. The molecule has 1 heterocycles. The maximum atomic E-state index is 5.56. The van der Waals surface area contributed by atoms with E-state index < -0.39 is 0 Å². The normalized spacial score (nSPS) is 25.0. The van der Waals surface area contributed by atoms with Crippen LogP contribution in [0.3, 0.4) is 0 Å². The van der Waals surface area contributed by atoms with Crippen LogP contribution in [0.15, 0.2) is 12.3 Å². The highest BCUT2D eigenvalue weighted by molar-refractivity contribution is 6.32. The molecule has 1 aliphatic heterocycles. The Labute approximate surface area is 82.4 Å². The van der Waals surface area contributed by atoms with Gasteiger partial charge in [0.25, 0.3) is 0 Å². The predicted molar refractivity (Wildman–Crippen MR) is 58.4 cm³/mol. The van der Waals surface area contributed by atoms with E-state index in [4.69, 9.17) is 5.73 Å². The number of hydrogen-bond acceptors (Lipinski definition) is 2. The highest BCUT2D eigenvalue weighted by Crippen LogP contribution is 2.24. The van der Waals surface area contributed by atoms with E-state index in [0.717, 1.165) is 31.7 Å². The van der Waals surface area contributed by atoms with Gasteiger partial charge in [0.2, 0.25) is 7.41 Å². The largest absolute Gasteiger partial charge is 0.422 e. The first-order valence-electron chi connectivity index (χ1n) is 5.11. The molecule has 0 aromatic heterocycles. The first kappa shape index (κ1) is 10.6. The van der Waals surface area contributed by atoms with Gasteiger partial charge in [-0.2, -0.15) is 0 Å². The minimum Gasteiger partial charge on any atom is -0.422 e. The molecule has 0 aromatic carbocycles. The molecule has 0 aromatic rings. The fraction of sp³-hybridized carbons (Fsp3) is 0.800. The lowest BCUT2D eigenvalue weighted by Gasteiger charge is -2.19. The predicted octanol–water partition coefficient (Wildman–Crippen LogP) is 1.47. The van der Waals surface area contributed by atoms with Crippen molar-refractivity contribution in [1.29, 1.82) is 0 Å². The van der Waals surface area contributed by atoms with E-state index in [9.17, 15) is 0 Å². The van der Waals surface area contributed by atoms with Gasteiger partial charge in [-0.15, -0.1) is 0 Å². The molecule has 0 amide bonds. The molecule has 2 N–H and O–H groups in total. The van der Waals surface area contributed by atoms with Crippen LogP contribution in [0.25, 0.3) is 0 Å². The second-order valence-electron chi connectivity index (χ2n) is 4.29. The monoisotopic (exact) mass is 179 g/mol. The average Bonchev–Trinajstić information content (AvgIpc) is 2.41. The summed E-state index contributed by atoms with van der Waals surface area (Å²) in [7, 11) is 2.25. The lowest BCUT2D eigenvalue weighted by atomic mass is 9.79. The van der Waals surface area contributed by atoms with E-state index in [-0.39, 0.29) is 0 Å². The third kappa shape index (κ3) is 3.07. The minimum absolute atomic E-state index is 0.587. The molecule has 73 valence electrons. The molecule has 0 bridgehead atoms. The van der Waals surface area contributed by atoms with Crippen LogP contribution in [0.5, 0.6) is 0 Å². The molecule has 0 saturated carbocycles. The van der Waals surface area contributed by atoms with Crippen LogP contribution >= 0.6 is 0 Å². The zero-order valence-corrected chi connectivity index (χ0v) is 8.79. The van der Waals surface area contributed by atoms with Crippen molar-refractivity contribution in [2.24, 2.45) is 17.6 Å². The molecular weight excluding hydrogens is 159 g/mol. The summed E-state index contributed by atoms with van der Waals surface area (Å²) in [4.78, 5) is 2.29. The first-order valence-corrected chi connectivity index (χ1v) is 5.11. The highest BCUT2D eigenvalue weighted by Gasteiger charge is 2.21. The van der Waals surface area contributed by atoms with Gasteiger partial charge in [0.1, 0.15) is 0 Å². The van der Waals surface area contributed by atoms with Crippen molar-refractivity contribution < 1.29 is 0 Å². The lowest BCUT2D eigenvalue weighted by Crippen LogP contribution is -2.26. The van der Waals surface area contributed by atoms with Gasteiger partial charge in [-0.05, 0) is 30.5 Å². The molecule has 2 unspecified atom stereocenters. The molecule has 1 aliphatic rings. The zero-order chi connectivity index (χ0) is 9.84. The Hall–Kier alpha value is -0.435. The van der Waals surface area contributed by atoms with Crippen LogP contribution < -0.4 is 5.73 Å². The van der Waals surface area contributed by atoms with Gasteiger partial charge in [-0.1, -0.05) is 26.7 Å². The second-order valence-corrected chi connectivity index (χ2v) is 4.29. The molecule has 2 atom stereocenters. The van der Waals surface area contributed by atoms with Crippen LogP contribution in [-0.2, 0) is 0 Å². The number of nitrogens with two attached hydrogens (primary N) is 1. The van der Waals surface area contributed by atoms with Crippen molar-refractivity contribution in [3.8, 4) is 0 Å². The Morgan fingerprint density at radius 2 is 2.46 bits per heavy atom. The summed E-state index contributed by atoms with van der Waals surface area (Å²) in [5.41, 5.74) is 6.82. The summed E-state index contributed by atoms with van der Waals surface area (Å²) in [6.07, 6.45) is 2.22. The van der Waals surface area contributed by atoms with Gasteiger partial charge < -0.3 is 10.5 Å². The van der Waals surface area contributed by atoms with E-state index in [2.05, 4.69) is 32.7 Å². The summed E-state index contributed by atoms with van der Waals surface area (Å²) in [5, 5.41) is 0. The summed E-state index contributed by atoms with van der Waals surface area (Å²) in [5.74, 6) is 1.35. The van der Waals surface area contributed by atoms with E-state index in [1.165, 1.54) is 5.70 Å². The standard InChI is InChI=1S/C10H20BN2/c1-8-4-10(3)13(7-8)11-5-9(2)6-12/h8-9H,3-7,12H2,1-2H3. The smallest absolute Gasteiger partial charge is 0.246 e. The van der Waals surface area contributed by atoms with Gasteiger partial charge in [0, 0.05) is 6.54 Å². The Morgan fingerprint density at radius 3 is 2.92 bits per heavy atom. The maximum absolute atomic E-state index is 5.56. The Kier molecular flexibility index (Phi) is 3.85. The van der Waals surface area contributed by atoms with Gasteiger partial charge in [0.15, 0.2) is 0 Å². The molecule has 1 radical (unpaired) electrons. The van der Waals surface area contributed by atoms with Crippen molar-refractivity contribution >= 4 is 7.41 Å². The molecule has 0 spiro atoms. The zero-order valence-electron chi connectivity index (χ0n) is 8.79. The van der Waals surface area contributed by atoms with Crippen LogP contribution in [0.1, 0.15) is 20.3 Å². The Bertz CT molecular complexity index is 182. The van der Waals surface area contributed by atoms with Crippen LogP contribution in [-0.4, -0.2) is 25.3 Å². The SMILES string of the molecule is C=C1CC(C)CN1[B]CC(C)CN. The number of rotatable bonds is 4. The second kappa shape index (κ2) is 4.70. The Balaban J connectivity index is 2.25. The van der Waals surface area contributed by atoms with Crippen molar-refractivity contribution in [3.05, 3.63) is 12.3 Å². The molecule has 1 rings (SSSR count). The van der Waals surface area contributed by atoms with Crippen LogP contribution in [0, 0.1) is 11.8 Å². The molecular formula is C10H20BN2. The first-order chi connectivity index (χ1) is 6.13. The molecule has 3 heteroatoms. The number of allylic oxidation sites excluding steroid dienone is 1. The van der Waals surface area contributed by atoms with Crippen molar-refractivity contribution in [2.75, 3.05) is 13.1 Å². The fourth-order valence-electron chi connectivity index (χ4n) is 1.66. The van der Waals surface area contributed by atoms with Gasteiger partial charge in [-0.25, -0.2) is 0 Å². The van der Waals surface area contributed by atoms with E-state index >= 15 is 0 Å². The van der Waals surface area contributed by atoms with E-state index in [0.29, 0.717) is 5.92 Å². The quantitative estimate of drug-likeness (QED) is 0.662. The number of nitrogens with zero attached hydrogens (tertiary/aromatic N) is 1. The molecule has 0 aliphatic carbocycles. The van der Waals surface area contributed by atoms with Crippen molar-refractivity contribution in [2.45, 2.75) is 26.6 Å². The molecule has 1 fully saturated rings. The van der Waals surface area contributed by atoms with E-state index in [1.54, 1.807) is 0 Å². The molecule has 13 heavy (non-hydrogen) atoms. The summed E-state index contributed by atoms with van der Waals surface area (Å²) in [6.45, 7) is 10.4. The minimum atomic E-state index is 0.587. The topological polar surface area (TPSA) is 29.3 Å². The van der Waals surface area contributed by atoms with Crippen molar-refractivity contribution in [3.63, 3.8) is 0 Å². The van der Waals surface area contributed by atoms with Gasteiger partial charge in [-0.3, -0.25) is 0 Å². The van der Waals surface area contributed by atoms with Gasteiger partial charge in [0.05, 0.1) is 0 Å². The highest BCUT2D eigenvalue weighted by atomic mass is 15.1. The van der Waals surface area contributed by atoms with E-state index in [1.807, 2.05) is 0 Å². The summed E-state index contributed by atoms with van der Waals surface area (Å²) in [6, 6.07) is 0. The third-order valence-electron chi connectivity index (χ3n) is 2.63. The molecule has 2 nitrogen and oxygen atoms in total. The summed E-state index contributed by atoms with van der Waals surface area (Å²) >= 11 is 0. The average molecular weight is 179 g/mol. The third-order valence-corrected chi connectivity index (χ3v) is 2.63. The summed E-state index contributed by atoms with van der Waals surface area (Å²) < 4.78 is 0. The molecule has 1 saturated heterocycles.